The van der Waals surface area contributed by atoms with E-state index in [4.69, 9.17) is 11.2 Å². The first kappa shape index (κ1) is 11.9. The van der Waals surface area contributed by atoms with E-state index in [2.05, 4.69) is 11.2 Å². The van der Waals surface area contributed by atoms with Gasteiger partial charge in [0.1, 0.15) is 11.6 Å². The van der Waals surface area contributed by atoms with E-state index in [0.717, 1.165) is 6.54 Å². The molecule has 15 heavy (non-hydrogen) atoms. The molecule has 4 nitrogen and oxygen atoms in total. The minimum atomic E-state index is -0.471. The van der Waals surface area contributed by atoms with E-state index in [1.165, 1.54) is 0 Å². The molecule has 0 spiro atoms. The summed E-state index contributed by atoms with van der Waals surface area (Å²) in [4.78, 5) is 13.4. The van der Waals surface area contributed by atoms with Crippen LogP contribution in [0.25, 0.3) is 0 Å². The van der Waals surface area contributed by atoms with E-state index in [9.17, 15) is 4.79 Å². The van der Waals surface area contributed by atoms with Crippen molar-refractivity contribution in [2.24, 2.45) is 0 Å². The lowest BCUT2D eigenvalue weighted by Gasteiger charge is -2.34. The van der Waals surface area contributed by atoms with Crippen molar-refractivity contribution in [3.63, 3.8) is 0 Å². The molecule has 0 bridgehead atoms. The summed E-state index contributed by atoms with van der Waals surface area (Å²) in [6.07, 6.45) is 5.03. The van der Waals surface area contributed by atoms with E-state index in [1.807, 2.05) is 20.8 Å². The summed E-state index contributed by atoms with van der Waals surface area (Å²) in [5.41, 5.74) is -0.471. The summed E-state index contributed by atoms with van der Waals surface area (Å²) in [6.45, 7) is 7.53. The molecule has 0 radical (unpaired) electrons. The third kappa shape index (κ3) is 3.45. The number of amides is 1. The van der Waals surface area contributed by atoms with Gasteiger partial charge in [0.25, 0.3) is 0 Å². The molecule has 0 unspecified atom stereocenters. The second kappa shape index (κ2) is 4.54. The van der Waals surface area contributed by atoms with Gasteiger partial charge >= 0.3 is 6.09 Å². The van der Waals surface area contributed by atoms with Gasteiger partial charge in [0, 0.05) is 19.6 Å². The predicted octanol–water partition coefficient (Wildman–Crippen LogP) is 0.828. The van der Waals surface area contributed by atoms with Crippen LogP contribution in [0.5, 0.6) is 0 Å². The second-order valence-electron chi connectivity index (χ2n) is 4.56. The number of hydrogen-bond donors (Lipinski definition) is 1. The Bertz CT molecular complexity index is 275. The van der Waals surface area contributed by atoms with Gasteiger partial charge in [0.05, 0.1) is 0 Å². The molecule has 0 saturated carbocycles. The lowest BCUT2D eigenvalue weighted by molar-refractivity contribution is 0.0176. The quantitative estimate of drug-likeness (QED) is 0.602. The molecule has 1 rings (SSSR count). The molecule has 1 saturated heterocycles. The fourth-order valence-electron chi connectivity index (χ4n) is 1.39. The molecule has 0 aromatic heterocycles. The topological polar surface area (TPSA) is 41.6 Å². The van der Waals surface area contributed by atoms with Gasteiger partial charge in [-0.05, 0) is 20.8 Å². The van der Waals surface area contributed by atoms with Gasteiger partial charge in [0.2, 0.25) is 0 Å². The van der Waals surface area contributed by atoms with Gasteiger partial charge < -0.3 is 10.1 Å². The van der Waals surface area contributed by atoms with Crippen molar-refractivity contribution in [2.45, 2.75) is 32.4 Å². The molecule has 1 fully saturated rings. The fourth-order valence-corrected chi connectivity index (χ4v) is 1.39. The molecule has 1 heterocycles. The Hall–Kier alpha value is -1.21. The van der Waals surface area contributed by atoms with Crippen LogP contribution in [-0.2, 0) is 4.74 Å². The average molecular weight is 210 g/mol. The van der Waals surface area contributed by atoms with Gasteiger partial charge in [-0.2, -0.15) is 0 Å². The number of piperazine rings is 1. The van der Waals surface area contributed by atoms with Gasteiger partial charge in [-0.1, -0.05) is 5.92 Å². The van der Waals surface area contributed by atoms with Crippen LogP contribution < -0.4 is 5.32 Å². The number of nitrogens with one attached hydrogen (secondary N) is 1. The van der Waals surface area contributed by atoms with Gasteiger partial charge in [-0.25, -0.2) is 4.79 Å². The average Bonchev–Trinajstić information content (AvgIpc) is 2.15. The molecule has 84 valence electrons. The maximum atomic E-state index is 11.8. The Morgan fingerprint density at radius 1 is 1.60 bits per heavy atom. The van der Waals surface area contributed by atoms with Crippen molar-refractivity contribution in [2.75, 3.05) is 19.6 Å². The first-order valence-corrected chi connectivity index (χ1v) is 5.10. The van der Waals surface area contributed by atoms with Crippen molar-refractivity contribution in [3.8, 4) is 12.3 Å². The van der Waals surface area contributed by atoms with Crippen LogP contribution in [0.15, 0.2) is 0 Å². The van der Waals surface area contributed by atoms with Crippen molar-refractivity contribution < 1.29 is 9.53 Å². The van der Waals surface area contributed by atoms with E-state index in [1.54, 1.807) is 4.90 Å². The SMILES string of the molecule is C#C[C@H]1CNCCN1C(=O)OC(C)(C)C. The Morgan fingerprint density at radius 3 is 2.80 bits per heavy atom. The van der Waals surface area contributed by atoms with Crippen molar-refractivity contribution in [3.05, 3.63) is 0 Å². The van der Waals surface area contributed by atoms with Crippen LogP contribution in [0.3, 0.4) is 0 Å². The summed E-state index contributed by atoms with van der Waals surface area (Å²) < 4.78 is 5.27. The fraction of sp³-hybridized carbons (Fsp3) is 0.727. The van der Waals surface area contributed by atoms with Crippen LogP contribution >= 0.6 is 0 Å². The maximum absolute atomic E-state index is 11.8. The molecule has 1 aliphatic heterocycles. The Balaban J connectivity index is 2.61. The molecule has 4 heteroatoms. The largest absolute Gasteiger partial charge is 0.444 e. The van der Waals surface area contributed by atoms with E-state index in [0.29, 0.717) is 13.1 Å². The monoisotopic (exact) mass is 210 g/mol. The Kier molecular flexibility index (Phi) is 3.59. The molecular weight excluding hydrogens is 192 g/mol. The number of nitrogens with zero attached hydrogens (tertiary/aromatic N) is 1. The van der Waals surface area contributed by atoms with E-state index < -0.39 is 5.60 Å². The van der Waals surface area contributed by atoms with Crippen LogP contribution in [0.2, 0.25) is 0 Å². The summed E-state index contributed by atoms with van der Waals surface area (Å²) in [7, 11) is 0. The Morgan fingerprint density at radius 2 is 2.27 bits per heavy atom. The normalized spacial score (nSPS) is 22.0. The lowest BCUT2D eigenvalue weighted by Crippen LogP contribution is -2.54. The van der Waals surface area contributed by atoms with E-state index in [-0.39, 0.29) is 12.1 Å². The van der Waals surface area contributed by atoms with Crippen molar-refractivity contribution in [1.82, 2.24) is 10.2 Å². The highest BCUT2D eigenvalue weighted by Crippen LogP contribution is 2.12. The summed E-state index contributed by atoms with van der Waals surface area (Å²) in [5.74, 6) is 2.58. The predicted molar refractivity (Wildman–Crippen MR) is 58.4 cm³/mol. The smallest absolute Gasteiger partial charge is 0.411 e. The molecule has 0 aliphatic carbocycles. The highest BCUT2D eigenvalue weighted by Gasteiger charge is 2.28. The first-order valence-electron chi connectivity index (χ1n) is 5.10. The second-order valence-corrected chi connectivity index (χ2v) is 4.56. The van der Waals surface area contributed by atoms with Crippen LogP contribution in [0, 0.1) is 12.3 Å². The summed E-state index contributed by atoms with van der Waals surface area (Å²) in [6, 6.07) is -0.200. The Labute approximate surface area is 91.0 Å². The lowest BCUT2D eigenvalue weighted by atomic mass is 10.2. The number of ether oxygens (including phenoxy) is 1. The zero-order chi connectivity index (χ0) is 11.5. The van der Waals surface area contributed by atoms with Crippen molar-refractivity contribution in [1.29, 1.82) is 0 Å². The number of carbonyl (C=O) groups excluding carboxylic acids is 1. The van der Waals surface area contributed by atoms with Gasteiger partial charge in [-0.3, -0.25) is 4.90 Å². The molecule has 1 amide bonds. The number of carbonyl (C=O) groups is 1. The number of hydrogen-bond acceptors (Lipinski definition) is 3. The summed E-state index contributed by atoms with van der Waals surface area (Å²) >= 11 is 0. The van der Waals surface area contributed by atoms with Crippen LogP contribution in [0.4, 0.5) is 4.79 Å². The zero-order valence-corrected chi connectivity index (χ0v) is 9.54. The van der Waals surface area contributed by atoms with Crippen LogP contribution in [-0.4, -0.2) is 42.3 Å². The minimum Gasteiger partial charge on any atom is -0.444 e. The van der Waals surface area contributed by atoms with E-state index >= 15 is 0 Å². The standard InChI is InChI=1S/C11H18N2O2/c1-5-9-8-12-6-7-13(9)10(14)15-11(2,3)4/h1,9,12H,6-8H2,2-4H3/t9-/m0/s1. The van der Waals surface area contributed by atoms with Crippen LogP contribution in [0.1, 0.15) is 20.8 Å². The highest BCUT2D eigenvalue weighted by molar-refractivity contribution is 5.69. The summed E-state index contributed by atoms with van der Waals surface area (Å²) in [5, 5.41) is 3.14. The molecular formula is C11H18N2O2. The zero-order valence-electron chi connectivity index (χ0n) is 9.54. The first-order chi connectivity index (χ1) is 6.94. The number of terminal acetylenes is 1. The third-order valence-electron chi connectivity index (χ3n) is 2.06. The third-order valence-corrected chi connectivity index (χ3v) is 2.06. The molecule has 1 N–H and O–H groups in total. The number of rotatable bonds is 0. The van der Waals surface area contributed by atoms with Gasteiger partial charge in [-0.15, -0.1) is 6.42 Å². The molecule has 1 atom stereocenters. The molecule has 0 aromatic rings. The van der Waals surface area contributed by atoms with Crippen molar-refractivity contribution >= 4 is 6.09 Å². The highest BCUT2D eigenvalue weighted by atomic mass is 16.6. The minimum absolute atomic E-state index is 0.200. The maximum Gasteiger partial charge on any atom is 0.411 e. The molecule has 1 aliphatic rings. The molecule has 0 aromatic carbocycles. The van der Waals surface area contributed by atoms with Gasteiger partial charge in [0.15, 0.2) is 0 Å².